The number of carbonyl (C=O) groups excluding carboxylic acids is 1. The number of thiazole rings is 1. The fourth-order valence-corrected chi connectivity index (χ4v) is 4.67. The van der Waals surface area contributed by atoms with Crippen molar-refractivity contribution in [3.63, 3.8) is 0 Å². The Bertz CT molecular complexity index is 552. The third-order valence-corrected chi connectivity index (χ3v) is 6.23. The zero-order valence-corrected chi connectivity index (χ0v) is 14.9. The lowest BCUT2D eigenvalue weighted by molar-refractivity contribution is -0.133. The predicted molar refractivity (Wildman–Crippen MR) is 91.7 cm³/mol. The van der Waals surface area contributed by atoms with Crippen LogP contribution in [0.1, 0.15) is 48.4 Å². The average molecular weight is 337 g/mol. The molecular formula is C17H27N3O2S. The highest BCUT2D eigenvalue weighted by atomic mass is 32.1. The molecule has 0 aromatic carbocycles. The van der Waals surface area contributed by atoms with Crippen LogP contribution in [0.5, 0.6) is 0 Å². The van der Waals surface area contributed by atoms with Crippen LogP contribution in [0.4, 0.5) is 0 Å². The molecule has 2 saturated heterocycles. The topological polar surface area (TPSA) is 56.7 Å². The second kappa shape index (κ2) is 6.87. The van der Waals surface area contributed by atoms with Gasteiger partial charge in [-0.25, -0.2) is 4.98 Å². The SMILES string of the molecule is CC(=O)N1CCC(O)(CN2CCC[C@@H](c3ncc(C)s3)C2)CC1. The van der Waals surface area contributed by atoms with Crippen molar-refractivity contribution in [3.8, 4) is 0 Å². The monoisotopic (exact) mass is 337 g/mol. The fraction of sp³-hybridized carbons (Fsp3) is 0.765. The minimum absolute atomic E-state index is 0.115. The normalized spacial score (nSPS) is 25.5. The Morgan fingerprint density at radius 2 is 2.17 bits per heavy atom. The van der Waals surface area contributed by atoms with Crippen LogP contribution in [0.25, 0.3) is 0 Å². The summed E-state index contributed by atoms with van der Waals surface area (Å²) in [5.74, 6) is 0.618. The van der Waals surface area contributed by atoms with Gasteiger partial charge in [0.05, 0.1) is 10.6 Å². The summed E-state index contributed by atoms with van der Waals surface area (Å²) in [4.78, 5) is 21.5. The molecular weight excluding hydrogens is 310 g/mol. The maximum absolute atomic E-state index is 11.4. The molecule has 0 spiro atoms. The van der Waals surface area contributed by atoms with Gasteiger partial charge in [-0.05, 0) is 39.2 Å². The zero-order chi connectivity index (χ0) is 16.4. The van der Waals surface area contributed by atoms with Crippen LogP contribution in [0.3, 0.4) is 0 Å². The van der Waals surface area contributed by atoms with Crippen molar-refractivity contribution in [2.45, 2.75) is 51.0 Å². The highest BCUT2D eigenvalue weighted by Gasteiger charge is 2.36. The summed E-state index contributed by atoms with van der Waals surface area (Å²) in [5.41, 5.74) is -0.646. The molecule has 23 heavy (non-hydrogen) atoms. The van der Waals surface area contributed by atoms with Crippen molar-refractivity contribution >= 4 is 17.2 Å². The number of likely N-dealkylation sites (tertiary alicyclic amines) is 2. The number of carbonyl (C=O) groups is 1. The molecule has 128 valence electrons. The van der Waals surface area contributed by atoms with Crippen molar-refractivity contribution in [3.05, 3.63) is 16.1 Å². The number of aromatic nitrogens is 1. The Balaban J connectivity index is 1.56. The minimum atomic E-state index is -0.646. The highest BCUT2D eigenvalue weighted by Crippen LogP contribution is 2.32. The fourth-order valence-electron chi connectivity index (χ4n) is 3.77. The van der Waals surface area contributed by atoms with Crippen LogP contribution >= 0.6 is 11.3 Å². The number of rotatable bonds is 3. The molecule has 5 nitrogen and oxygen atoms in total. The van der Waals surface area contributed by atoms with Crippen LogP contribution in [-0.4, -0.2) is 64.1 Å². The molecule has 3 heterocycles. The summed E-state index contributed by atoms with van der Waals surface area (Å²) in [6, 6.07) is 0. The Morgan fingerprint density at radius 3 is 2.78 bits per heavy atom. The smallest absolute Gasteiger partial charge is 0.219 e. The highest BCUT2D eigenvalue weighted by molar-refractivity contribution is 7.11. The number of amides is 1. The number of β-amino-alcohol motifs (C(OH)–C–C–N with tert-alkyl or cyclic N) is 1. The molecule has 0 saturated carbocycles. The first kappa shape index (κ1) is 16.9. The maximum Gasteiger partial charge on any atom is 0.219 e. The van der Waals surface area contributed by atoms with Gasteiger partial charge in [0.1, 0.15) is 0 Å². The molecule has 6 heteroatoms. The summed E-state index contributed by atoms with van der Waals surface area (Å²) in [6.07, 6.45) is 5.69. The first-order chi connectivity index (χ1) is 11.0. The Labute approximate surface area is 142 Å². The van der Waals surface area contributed by atoms with Crippen LogP contribution in [0.15, 0.2) is 6.20 Å². The third-order valence-electron chi connectivity index (χ3n) is 5.15. The molecule has 1 aromatic heterocycles. The first-order valence-electron chi connectivity index (χ1n) is 8.58. The van der Waals surface area contributed by atoms with E-state index in [1.807, 2.05) is 11.1 Å². The minimum Gasteiger partial charge on any atom is -0.388 e. The van der Waals surface area contributed by atoms with E-state index in [1.54, 1.807) is 18.3 Å². The van der Waals surface area contributed by atoms with Gasteiger partial charge in [-0.1, -0.05) is 0 Å². The first-order valence-corrected chi connectivity index (χ1v) is 9.39. The van der Waals surface area contributed by atoms with Crippen molar-refractivity contribution in [2.24, 2.45) is 0 Å². The number of hydrogen-bond acceptors (Lipinski definition) is 5. The van der Waals surface area contributed by atoms with Crippen LogP contribution in [0.2, 0.25) is 0 Å². The molecule has 1 amide bonds. The van der Waals surface area contributed by atoms with E-state index in [2.05, 4.69) is 16.8 Å². The van der Waals surface area contributed by atoms with E-state index in [0.717, 1.165) is 19.6 Å². The molecule has 0 radical (unpaired) electrons. The molecule has 2 fully saturated rings. The Morgan fingerprint density at radius 1 is 1.43 bits per heavy atom. The average Bonchev–Trinajstić information content (AvgIpc) is 2.94. The van der Waals surface area contributed by atoms with E-state index < -0.39 is 5.60 Å². The number of hydrogen-bond donors (Lipinski definition) is 1. The van der Waals surface area contributed by atoms with Crippen LogP contribution < -0.4 is 0 Å². The van der Waals surface area contributed by atoms with E-state index in [0.29, 0.717) is 31.8 Å². The van der Waals surface area contributed by atoms with Gasteiger partial charge >= 0.3 is 0 Å². The molecule has 2 aliphatic rings. The summed E-state index contributed by atoms with van der Waals surface area (Å²) >= 11 is 1.80. The third kappa shape index (κ3) is 4.11. The molecule has 1 N–H and O–H groups in total. The molecule has 2 aliphatic heterocycles. The lowest BCUT2D eigenvalue weighted by Crippen LogP contribution is -2.53. The molecule has 1 atom stereocenters. The summed E-state index contributed by atoms with van der Waals surface area (Å²) in [7, 11) is 0. The molecule has 0 unspecified atom stereocenters. The van der Waals surface area contributed by atoms with Gasteiger partial charge in [0, 0.05) is 50.1 Å². The zero-order valence-electron chi connectivity index (χ0n) is 14.1. The van der Waals surface area contributed by atoms with Crippen molar-refractivity contribution in [1.29, 1.82) is 0 Å². The Hall–Kier alpha value is -0.980. The van der Waals surface area contributed by atoms with E-state index in [-0.39, 0.29) is 5.91 Å². The number of nitrogens with zero attached hydrogens (tertiary/aromatic N) is 3. The second-order valence-corrected chi connectivity index (χ2v) is 8.38. The van der Waals surface area contributed by atoms with Gasteiger partial charge in [-0.15, -0.1) is 11.3 Å². The largest absolute Gasteiger partial charge is 0.388 e. The van der Waals surface area contributed by atoms with Gasteiger partial charge in [0.15, 0.2) is 0 Å². The molecule has 3 rings (SSSR count). The number of aryl methyl sites for hydroxylation is 1. The van der Waals surface area contributed by atoms with Gasteiger partial charge in [-0.2, -0.15) is 0 Å². The molecule has 1 aromatic rings. The quantitative estimate of drug-likeness (QED) is 0.917. The lowest BCUT2D eigenvalue weighted by atomic mass is 9.89. The summed E-state index contributed by atoms with van der Waals surface area (Å²) < 4.78 is 0. The van der Waals surface area contributed by atoms with E-state index in [1.165, 1.54) is 22.7 Å². The second-order valence-electron chi connectivity index (χ2n) is 7.11. The molecule has 0 bridgehead atoms. The van der Waals surface area contributed by atoms with E-state index >= 15 is 0 Å². The number of aliphatic hydroxyl groups is 1. The van der Waals surface area contributed by atoms with Crippen molar-refractivity contribution < 1.29 is 9.90 Å². The van der Waals surface area contributed by atoms with Crippen molar-refractivity contribution in [2.75, 3.05) is 32.7 Å². The molecule has 0 aliphatic carbocycles. The van der Waals surface area contributed by atoms with Crippen LogP contribution in [-0.2, 0) is 4.79 Å². The Kier molecular flexibility index (Phi) is 5.04. The van der Waals surface area contributed by atoms with Crippen LogP contribution in [0, 0.1) is 6.92 Å². The van der Waals surface area contributed by atoms with Gasteiger partial charge < -0.3 is 10.0 Å². The number of piperidine rings is 2. The van der Waals surface area contributed by atoms with E-state index in [4.69, 9.17) is 0 Å². The van der Waals surface area contributed by atoms with Gasteiger partial charge in [0.25, 0.3) is 0 Å². The summed E-state index contributed by atoms with van der Waals surface area (Å²) in [6.45, 7) is 7.83. The predicted octanol–water partition coefficient (Wildman–Crippen LogP) is 2.00. The maximum atomic E-state index is 11.4. The van der Waals surface area contributed by atoms with Gasteiger partial charge in [0.2, 0.25) is 5.91 Å². The van der Waals surface area contributed by atoms with Crippen molar-refractivity contribution in [1.82, 2.24) is 14.8 Å². The van der Waals surface area contributed by atoms with E-state index in [9.17, 15) is 9.90 Å². The lowest BCUT2D eigenvalue weighted by Gasteiger charge is -2.42. The summed E-state index contributed by atoms with van der Waals surface area (Å²) in [5, 5.41) is 12.1. The standard InChI is InChI=1S/C17H27N3O2S/c1-13-10-18-16(23-13)15-4-3-7-19(11-15)12-17(22)5-8-20(9-6-17)14(2)21/h10,15,22H,3-9,11-12H2,1-2H3/t15-/m1/s1. The van der Waals surface area contributed by atoms with Gasteiger partial charge in [-0.3, -0.25) is 9.69 Å².